The molecule has 1 amide bonds. The number of fused-ring (bicyclic) bond motifs is 4. The number of hydrogen-bond acceptors (Lipinski definition) is 6. The van der Waals surface area contributed by atoms with Crippen LogP contribution in [0.2, 0.25) is 0 Å². The fourth-order valence-corrected chi connectivity index (χ4v) is 5.38. The number of morpholine rings is 1. The maximum absolute atomic E-state index is 13.2. The highest BCUT2D eigenvalue weighted by Crippen LogP contribution is 2.35. The molecule has 1 aromatic rings. The van der Waals surface area contributed by atoms with E-state index in [0.717, 1.165) is 49.7 Å². The van der Waals surface area contributed by atoms with Crippen LogP contribution in [0.25, 0.3) is 0 Å². The summed E-state index contributed by atoms with van der Waals surface area (Å²) in [6, 6.07) is 3.69. The standard InChI is InChI=1S/C21H32N4O3S/c1-29-9-4-18(22)21(27)24-11-15-10-17(14-24)19-3-2-16(20(26)25(19)12-15)13-23-5-7-28-8-6-23/h2-3,15,17-18H,4-14,22H2,1H3/t15-,17+,18+/m0/s1. The number of pyridine rings is 1. The van der Waals surface area contributed by atoms with E-state index < -0.39 is 6.04 Å². The fourth-order valence-electron chi connectivity index (χ4n) is 4.89. The molecule has 3 aliphatic rings. The van der Waals surface area contributed by atoms with Crippen molar-refractivity contribution in [2.75, 3.05) is 51.4 Å². The van der Waals surface area contributed by atoms with Crippen LogP contribution < -0.4 is 11.3 Å². The van der Waals surface area contributed by atoms with Crippen molar-refractivity contribution in [2.24, 2.45) is 11.7 Å². The number of nitrogens with zero attached hydrogens (tertiary/aromatic N) is 3. The second kappa shape index (κ2) is 9.20. The maximum atomic E-state index is 13.2. The lowest BCUT2D eigenvalue weighted by atomic mass is 9.82. The molecule has 2 fully saturated rings. The Morgan fingerprint density at radius 3 is 2.83 bits per heavy atom. The molecule has 2 N–H and O–H groups in total. The fraction of sp³-hybridized carbons (Fsp3) is 0.714. The molecular formula is C21H32N4O3S. The number of nitrogens with two attached hydrogens (primary N) is 1. The molecule has 4 heterocycles. The summed E-state index contributed by atoms with van der Waals surface area (Å²) in [7, 11) is 0. The molecule has 0 aromatic carbocycles. The summed E-state index contributed by atoms with van der Waals surface area (Å²) in [5.41, 5.74) is 8.22. The van der Waals surface area contributed by atoms with Crippen LogP contribution in [-0.2, 0) is 22.6 Å². The summed E-state index contributed by atoms with van der Waals surface area (Å²) >= 11 is 1.72. The first-order valence-corrected chi connectivity index (χ1v) is 12.0. The molecule has 0 saturated carbocycles. The molecule has 4 rings (SSSR count). The lowest BCUT2D eigenvalue weighted by Crippen LogP contribution is -2.53. The number of ether oxygens (including phenoxy) is 1. The Morgan fingerprint density at radius 1 is 1.28 bits per heavy atom. The Labute approximate surface area is 176 Å². The van der Waals surface area contributed by atoms with Gasteiger partial charge in [0.25, 0.3) is 5.56 Å². The average molecular weight is 421 g/mol. The number of hydrogen-bond donors (Lipinski definition) is 1. The summed E-state index contributed by atoms with van der Waals surface area (Å²) in [6.07, 6.45) is 3.79. The van der Waals surface area contributed by atoms with Crippen LogP contribution in [0.5, 0.6) is 0 Å². The van der Waals surface area contributed by atoms with Gasteiger partial charge in [-0.1, -0.05) is 6.07 Å². The van der Waals surface area contributed by atoms with Gasteiger partial charge in [-0.15, -0.1) is 0 Å². The quantitative estimate of drug-likeness (QED) is 0.730. The van der Waals surface area contributed by atoms with Crippen molar-refractivity contribution in [2.45, 2.75) is 37.9 Å². The van der Waals surface area contributed by atoms with Crippen molar-refractivity contribution in [1.82, 2.24) is 14.4 Å². The number of thioether (sulfide) groups is 1. The molecule has 3 atom stereocenters. The van der Waals surface area contributed by atoms with E-state index in [1.54, 1.807) is 11.8 Å². The van der Waals surface area contributed by atoms with Crippen molar-refractivity contribution in [3.05, 3.63) is 33.7 Å². The van der Waals surface area contributed by atoms with E-state index >= 15 is 0 Å². The van der Waals surface area contributed by atoms with Crippen LogP contribution >= 0.6 is 11.8 Å². The first-order chi connectivity index (χ1) is 14.1. The van der Waals surface area contributed by atoms with Gasteiger partial charge in [0.1, 0.15) is 0 Å². The van der Waals surface area contributed by atoms with Gasteiger partial charge < -0.3 is 19.9 Å². The van der Waals surface area contributed by atoms with Crippen LogP contribution in [0, 0.1) is 5.92 Å². The van der Waals surface area contributed by atoms with E-state index in [1.165, 1.54) is 0 Å². The molecule has 8 heteroatoms. The monoisotopic (exact) mass is 420 g/mol. The normalized spacial score (nSPS) is 25.5. The van der Waals surface area contributed by atoms with Crippen molar-refractivity contribution >= 4 is 17.7 Å². The second-order valence-corrected chi connectivity index (χ2v) is 9.50. The van der Waals surface area contributed by atoms with Gasteiger partial charge in [-0.2, -0.15) is 11.8 Å². The van der Waals surface area contributed by atoms with Crippen molar-refractivity contribution in [3.8, 4) is 0 Å². The molecule has 1 aromatic heterocycles. The number of carbonyl (C=O) groups excluding carboxylic acids is 1. The van der Waals surface area contributed by atoms with Crippen molar-refractivity contribution < 1.29 is 9.53 Å². The molecule has 0 aliphatic carbocycles. The van der Waals surface area contributed by atoms with Gasteiger partial charge in [0.15, 0.2) is 0 Å². The SMILES string of the molecule is CSCC[C@@H](N)C(=O)N1C[C@@H]2C[C@H](C1)c1ccc(CN3CCOCC3)c(=O)n1C2. The number of amides is 1. The maximum Gasteiger partial charge on any atom is 0.255 e. The number of carbonyl (C=O) groups is 1. The van der Waals surface area contributed by atoms with Crippen LogP contribution in [0.4, 0.5) is 0 Å². The third kappa shape index (κ3) is 4.55. The van der Waals surface area contributed by atoms with Crippen molar-refractivity contribution in [1.29, 1.82) is 0 Å². The van der Waals surface area contributed by atoms with E-state index in [0.29, 0.717) is 38.5 Å². The largest absolute Gasteiger partial charge is 0.379 e. The molecule has 3 aliphatic heterocycles. The Kier molecular flexibility index (Phi) is 6.63. The zero-order chi connectivity index (χ0) is 20.4. The van der Waals surface area contributed by atoms with Gasteiger partial charge >= 0.3 is 0 Å². The zero-order valence-corrected chi connectivity index (χ0v) is 18.0. The minimum Gasteiger partial charge on any atom is -0.379 e. The van der Waals surface area contributed by atoms with Crippen LogP contribution in [0.1, 0.15) is 30.0 Å². The Hall–Kier alpha value is -1.35. The lowest BCUT2D eigenvalue weighted by molar-refractivity contribution is -0.135. The van der Waals surface area contributed by atoms with E-state index in [9.17, 15) is 9.59 Å². The molecule has 7 nitrogen and oxygen atoms in total. The lowest BCUT2D eigenvalue weighted by Gasteiger charge is -2.43. The molecule has 0 unspecified atom stereocenters. The van der Waals surface area contributed by atoms with E-state index in [1.807, 2.05) is 21.8 Å². The van der Waals surface area contributed by atoms with E-state index in [4.69, 9.17) is 10.5 Å². The number of likely N-dealkylation sites (tertiary alicyclic amines) is 1. The Bertz CT molecular complexity index is 793. The van der Waals surface area contributed by atoms with Gasteiger partial charge in [0, 0.05) is 56.4 Å². The summed E-state index contributed by atoms with van der Waals surface area (Å²) < 4.78 is 7.39. The highest BCUT2D eigenvalue weighted by atomic mass is 32.2. The molecule has 160 valence electrons. The highest BCUT2D eigenvalue weighted by molar-refractivity contribution is 7.98. The highest BCUT2D eigenvalue weighted by Gasteiger charge is 2.37. The molecule has 29 heavy (non-hydrogen) atoms. The number of piperidine rings is 1. The summed E-state index contributed by atoms with van der Waals surface area (Å²) in [6.45, 7) is 5.99. The number of rotatable bonds is 6. The van der Waals surface area contributed by atoms with Gasteiger partial charge in [-0.3, -0.25) is 14.5 Å². The first-order valence-electron chi connectivity index (χ1n) is 10.6. The minimum absolute atomic E-state index is 0.0634. The molecular weight excluding hydrogens is 388 g/mol. The van der Waals surface area contributed by atoms with E-state index in [2.05, 4.69) is 11.0 Å². The molecule has 2 saturated heterocycles. The van der Waals surface area contributed by atoms with Gasteiger partial charge in [0.05, 0.1) is 19.3 Å². The predicted octanol–water partition coefficient (Wildman–Crippen LogP) is 0.707. The molecule has 0 spiro atoms. The van der Waals surface area contributed by atoms with E-state index in [-0.39, 0.29) is 17.4 Å². The summed E-state index contributed by atoms with van der Waals surface area (Å²) in [5.74, 6) is 1.52. The van der Waals surface area contributed by atoms with Crippen LogP contribution in [0.3, 0.4) is 0 Å². The third-order valence-electron chi connectivity index (χ3n) is 6.44. The zero-order valence-electron chi connectivity index (χ0n) is 17.2. The Morgan fingerprint density at radius 2 is 2.07 bits per heavy atom. The molecule has 0 radical (unpaired) electrons. The summed E-state index contributed by atoms with van der Waals surface area (Å²) in [5, 5.41) is 0. The van der Waals surface area contributed by atoms with Gasteiger partial charge in [-0.05, 0) is 36.8 Å². The smallest absolute Gasteiger partial charge is 0.255 e. The predicted molar refractivity (Wildman–Crippen MR) is 115 cm³/mol. The molecule has 2 bridgehead atoms. The van der Waals surface area contributed by atoms with Crippen molar-refractivity contribution in [3.63, 3.8) is 0 Å². The van der Waals surface area contributed by atoms with Crippen LogP contribution in [0.15, 0.2) is 16.9 Å². The second-order valence-electron chi connectivity index (χ2n) is 8.52. The first kappa shape index (κ1) is 20.9. The average Bonchev–Trinajstić information content (AvgIpc) is 2.74. The topological polar surface area (TPSA) is 80.8 Å². The number of aromatic nitrogens is 1. The Balaban J connectivity index is 1.48. The minimum atomic E-state index is -0.417. The van der Waals surface area contributed by atoms with Crippen LogP contribution in [-0.4, -0.2) is 77.7 Å². The third-order valence-corrected chi connectivity index (χ3v) is 7.09. The van der Waals surface area contributed by atoms with Gasteiger partial charge in [-0.25, -0.2) is 0 Å². The van der Waals surface area contributed by atoms with Gasteiger partial charge in [0.2, 0.25) is 5.91 Å². The summed E-state index contributed by atoms with van der Waals surface area (Å²) in [4.78, 5) is 30.2.